The third-order valence-corrected chi connectivity index (χ3v) is 9.26. The first-order valence-electron chi connectivity index (χ1n) is 9.51. The molecule has 140 valence electrons. The van der Waals surface area contributed by atoms with Gasteiger partial charge in [-0.05, 0) is 56.7 Å². The summed E-state index contributed by atoms with van der Waals surface area (Å²) in [6.45, 7) is 18.9. The monoisotopic (exact) mass is 367 g/mol. The molecule has 0 fully saturated rings. The summed E-state index contributed by atoms with van der Waals surface area (Å²) >= 11 is 0. The van der Waals surface area contributed by atoms with Crippen LogP contribution in [0.25, 0.3) is 5.57 Å². The predicted octanol–water partition coefficient (Wildman–Crippen LogP) is 4.43. The van der Waals surface area contributed by atoms with Crippen molar-refractivity contribution in [1.82, 2.24) is 4.57 Å². The molecular formula is C23H33NOSi. The van der Waals surface area contributed by atoms with Crippen molar-refractivity contribution in [2.75, 3.05) is 13.1 Å². The maximum Gasteiger partial charge on any atom is 0.339 e. The van der Waals surface area contributed by atoms with Gasteiger partial charge in [0.1, 0.15) is 0 Å². The zero-order chi connectivity index (χ0) is 19.4. The predicted molar refractivity (Wildman–Crippen MR) is 116 cm³/mol. The third-order valence-electron chi connectivity index (χ3n) is 4.60. The van der Waals surface area contributed by atoms with Gasteiger partial charge in [0.05, 0.1) is 0 Å². The Morgan fingerprint density at radius 1 is 0.923 bits per heavy atom. The Morgan fingerprint density at radius 2 is 1.42 bits per heavy atom. The van der Waals surface area contributed by atoms with Crippen LogP contribution in [0.4, 0.5) is 0 Å². The average molecular weight is 368 g/mol. The number of hydrogen-bond acceptors (Lipinski definition) is 2. The van der Waals surface area contributed by atoms with E-state index in [4.69, 9.17) is 4.43 Å². The summed E-state index contributed by atoms with van der Waals surface area (Å²) in [6, 6.07) is 19.6. The van der Waals surface area contributed by atoms with Crippen molar-refractivity contribution in [2.45, 2.75) is 47.1 Å². The lowest BCUT2D eigenvalue weighted by atomic mass is 10.1. The molecule has 0 bridgehead atoms. The van der Waals surface area contributed by atoms with E-state index in [0.717, 1.165) is 18.7 Å². The summed E-state index contributed by atoms with van der Waals surface area (Å²) < 4.78 is 9.52. The fourth-order valence-corrected chi connectivity index (χ4v) is 7.94. The fraction of sp³-hybridized carbons (Fsp3) is 0.391. The van der Waals surface area contributed by atoms with Gasteiger partial charge in [0, 0.05) is 5.60 Å². The molecule has 0 N–H and O–H groups in total. The van der Waals surface area contributed by atoms with E-state index in [2.05, 4.69) is 100 Å². The lowest BCUT2D eigenvalue weighted by Crippen LogP contribution is -2.73. The van der Waals surface area contributed by atoms with Crippen molar-refractivity contribution in [3.63, 3.8) is 0 Å². The largest absolute Gasteiger partial charge is 0.391 e. The molecule has 0 spiro atoms. The summed E-state index contributed by atoms with van der Waals surface area (Å²) in [6.07, 6.45) is 0. The van der Waals surface area contributed by atoms with Crippen LogP contribution in [-0.4, -0.2) is 31.7 Å². The summed E-state index contributed by atoms with van der Waals surface area (Å²) in [5.74, 6) is 0. The Morgan fingerprint density at radius 3 is 1.85 bits per heavy atom. The number of hydrogen-bond donors (Lipinski definition) is 0. The highest BCUT2D eigenvalue weighted by molar-refractivity contribution is 6.95. The van der Waals surface area contributed by atoms with Crippen LogP contribution < -0.4 is 10.4 Å². The molecule has 0 aliphatic carbocycles. The molecule has 2 nitrogen and oxygen atoms in total. The smallest absolute Gasteiger partial charge is 0.339 e. The second-order valence-corrected chi connectivity index (χ2v) is 11.0. The topological polar surface area (TPSA) is 12.5 Å². The van der Waals surface area contributed by atoms with Crippen LogP contribution in [-0.2, 0) is 4.43 Å². The van der Waals surface area contributed by atoms with Gasteiger partial charge in [0.15, 0.2) is 0 Å². The highest BCUT2D eigenvalue weighted by Crippen LogP contribution is 2.22. The molecule has 0 radical (unpaired) electrons. The summed E-state index contributed by atoms with van der Waals surface area (Å²) in [5, 5.41) is 2.58. The van der Waals surface area contributed by atoms with Crippen molar-refractivity contribution in [1.29, 1.82) is 0 Å². The van der Waals surface area contributed by atoms with E-state index >= 15 is 0 Å². The summed E-state index contributed by atoms with van der Waals surface area (Å²) in [7, 11) is -2.57. The highest BCUT2D eigenvalue weighted by Gasteiger charge is 2.47. The van der Waals surface area contributed by atoms with E-state index < -0.39 is 8.48 Å². The quantitative estimate of drug-likeness (QED) is 0.671. The first kappa shape index (κ1) is 20.6. The van der Waals surface area contributed by atoms with E-state index in [0.29, 0.717) is 0 Å². The summed E-state index contributed by atoms with van der Waals surface area (Å²) in [5.41, 5.74) is 2.03. The normalized spacial score (nSPS) is 14.3. The van der Waals surface area contributed by atoms with Crippen LogP contribution in [0.2, 0.25) is 0 Å². The maximum atomic E-state index is 6.98. The van der Waals surface area contributed by atoms with Gasteiger partial charge < -0.3 is 4.43 Å². The Bertz CT molecular complexity index is 714. The van der Waals surface area contributed by atoms with Crippen LogP contribution in [0.1, 0.15) is 47.1 Å². The molecule has 1 atom stereocenters. The van der Waals surface area contributed by atoms with Crippen molar-refractivity contribution >= 4 is 24.4 Å². The number of nitrogens with zero attached hydrogens (tertiary/aromatic N) is 1. The second kappa shape index (κ2) is 8.34. The van der Waals surface area contributed by atoms with Gasteiger partial charge in [0.2, 0.25) is 0 Å². The van der Waals surface area contributed by atoms with Gasteiger partial charge in [-0.1, -0.05) is 80.6 Å². The molecule has 0 aliphatic rings. The fourth-order valence-electron chi connectivity index (χ4n) is 3.47. The van der Waals surface area contributed by atoms with E-state index in [1.54, 1.807) is 0 Å². The van der Waals surface area contributed by atoms with Crippen molar-refractivity contribution in [2.24, 2.45) is 0 Å². The summed E-state index contributed by atoms with van der Waals surface area (Å²) in [4.78, 5) is 0. The lowest BCUT2D eigenvalue weighted by molar-refractivity contribution is 0.104. The molecule has 2 rings (SSSR count). The third kappa shape index (κ3) is 4.34. The molecule has 3 heteroatoms. The van der Waals surface area contributed by atoms with Gasteiger partial charge in [-0.3, -0.25) is 4.57 Å². The van der Waals surface area contributed by atoms with E-state index in [1.165, 1.54) is 15.9 Å². The minimum atomic E-state index is -2.57. The van der Waals surface area contributed by atoms with Crippen LogP contribution in [0.15, 0.2) is 61.2 Å². The Hall–Kier alpha value is -1.68. The van der Waals surface area contributed by atoms with Crippen LogP contribution in [0.5, 0.6) is 0 Å². The Labute approximate surface area is 160 Å². The molecule has 0 aliphatic heterocycles. The molecular weight excluding hydrogens is 334 g/mol. The molecule has 1 unspecified atom stereocenters. The Kier molecular flexibility index (Phi) is 6.62. The van der Waals surface area contributed by atoms with Gasteiger partial charge in [-0.15, -0.1) is 0 Å². The highest BCUT2D eigenvalue weighted by atomic mass is 28.4. The first-order chi connectivity index (χ1) is 12.2. The van der Waals surface area contributed by atoms with Gasteiger partial charge in [-0.2, -0.15) is 0 Å². The van der Waals surface area contributed by atoms with E-state index in [-0.39, 0.29) is 5.60 Å². The van der Waals surface area contributed by atoms with Gasteiger partial charge >= 0.3 is 8.48 Å². The first-order valence-corrected chi connectivity index (χ1v) is 11.4. The van der Waals surface area contributed by atoms with Crippen LogP contribution in [0, 0.1) is 0 Å². The minimum Gasteiger partial charge on any atom is -0.391 e. The molecule has 0 saturated heterocycles. The van der Waals surface area contributed by atoms with Crippen molar-refractivity contribution in [3.8, 4) is 0 Å². The molecule has 0 heterocycles. The van der Waals surface area contributed by atoms with Gasteiger partial charge in [-0.25, -0.2) is 0 Å². The molecule has 0 amide bonds. The zero-order valence-corrected chi connectivity index (χ0v) is 18.2. The van der Waals surface area contributed by atoms with E-state index in [9.17, 15) is 0 Å². The SMILES string of the molecule is C=C(C)c1ccc([Si](OC(C)(C)C)(c2ccccc2)N(CC)CC)cc1. The molecule has 2 aromatic carbocycles. The van der Waals surface area contributed by atoms with Crippen molar-refractivity contribution in [3.05, 3.63) is 66.7 Å². The Balaban J connectivity index is 2.74. The van der Waals surface area contributed by atoms with Crippen molar-refractivity contribution < 1.29 is 4.43 Å². The number of rotatable bonds is 7. The lowest BCUT2D eigenvalue weighted by Gasteiger charge is -2.45. The van der Waals surface area contributed by atoms with E-state index in [1.807, 2.05) is 6.92 Å². The number of allylic oxidation sites excluding steroid dienone is 1. The van der Waals surface area contributed by atoms with Crippen LogP contribution >= 0.6 is 0 Å². The minimum absolute atomic E-state index is 0.238. The standard InChI is InChI=1S/C23H33NOSi/c1-8-24(9-2)26(25-23(5,6)7,21-13-11-10-12-14-21)22-17-15-20(16-18-22)19(3)4/h10-18H,3,8-9H2,1-2,4-7H3. The molecule has 26 heavy (non-hydrogen) atoms. The second-order valence-electron chi connectivity index (χ2n) is 7.75. The maximum absolute atomic E-state index is 6.98. The zero-order valence-electron chi connectivity index (χ0n) is 17.2. The molecule has 0 aromatic heterocycles. The number of benzene rings is 2. The average Bonchev–Trinajstić information content (AvgIpc) is 2.61. The molecule has 2 aromatic rings. The van der Waals surface area contributed by atoms with Crippen LogP contribution in [0.3, 0.4) is 0 Å². The van der Waals surface area contributed by atoms with Gasteiger partial charge in [0.25, 0.3) is 0 Å². The molecule has 0 saturated carbocycles.